The van der Waals surface area contributed by atoms with Gasteiger partial charge in [0.2, 0.25) is 0 Å². The second-order valence-electron chi connectivity index (χ2n) is 3.93. The molecule has 1 unspecified atom stereocenters. The van der Waals surface area contributed by atoms with Crippen LogP contribution in [-0.4, -0.2) is 23.7 Å². The van der Waals surface area contributed by atoms with Crippen molar-refractivity contribution in [3.8, 4) is 0 Å². The van der Waals surface area contributed by atoms with E-state index in [1.54, 1.807) is 0 Å². The number of benzene rings is 1. The molecule has 0 aliphatic carbocycles. The van der Waals surface area contributed by atoms with E-state index in [9.17, 15) is 9.59 Å². The van der Waals surface area contributed by atoms with Gasteiger partial charge < -0.3 is 15.7 Å². The quantitative estimate of drug-likeness (QED) is 0.777. The average molecular weight is 315 g/mol. The maximum atomic E-state index is 11.4. The number of aliphatic carboxylic acids is 1. The molecule has 1 rings (SSSR count). The lowest BCUT2D eigenvalue weighted by atomic mass is 10.2. The van der Waals surface area contributed by atoms with Crippen molar-refractivity contribution in [1.29, 1.82) is 0 Å². The molecule has 18 heavy (non-hydrogen) atoms. The number of carbonyl (C=O) groups is 2. The number of amides is 2. The first kappa shape index (κ1) is 14.5. The van der Waals surface area contributed by atoms with Gasteiger partial charge in [-0.05, 0) is 17.7 Å². The van der Waals surface area contributed by atoms with Crippen LogP contribution in [-0.2, 0) is 11.3 Å². The van der Waals surface area contributed by atoms with Gasteiger partial charge in [0.05, 0.1) is 5.92 Å². The lowest BCUT2D eigenvalue weighted by molar-refractivity contribution is -0.140. The van der Waals surface area contributed by atoms with Crippen LogP contribution in [0.4, 0.5) is 4.79 Å². The SMILES string of the molecule is CC(CNC(=O)NCc1ccc(Br)cc1)C(=O)O. The number of urea groups is 1. The maximum absolute atomic E-state index is 11.4. The molecule has 1 atom stereocenters. The number of rotatable bonds is 5. The number of halogens is 1. The summed E-state index contributed by atoms with van der Waals surface area (Å²) in [6.45, 7) is 2.05. The molecule has 0 radical (unpaired) electrons. The molecule has 0 spiro atoms. The van der Waals surface area contributed by atoms with E-state index in [0.29, 0.717) is 6.54 Å². The molecule has 0 heterocycles. The predicted octanol–water partition coefficient (Wildman–Crippen LogP) is 1.97. The second kappa shape index (κ2) is 7.00. The van der Waals surface area contributed by atoms with Crippen LogP contribution in [0.15, 0.2) is 28.7 Å². The van der Waals surface area contributed by atoms with Crippen molar-refractivity contribution in [3.05, 3.63) is 34.3 Å². The third-order valence-corrected chi connectivity index (χ3v) is 2.89. The second-order valence-corrected chi connectivity index (χ2v) is 4.85. The zero-order valence-electron chi connectivity index (χ0n) is 9.94. The Balaban J connectivity index is 2.29. The summed E-state index contributed by atoms with van der Waals surface area (Å²) in [6.07, 6.45) is 0. The van der Waals surface area contributed by atoms with Gasteiger partial charge in [-0.2, -0.15) is 0 Å². The van der Waals surface area contributed by atoms with E-state index < -0.39 is 11.9 Å². The van der Waals surface area contributed by atoms with Gasteiger partial charge in [-0.25, -0.2) is 4.79 Å². The molecule has 0 aliphatic heterocycles. The Labute approximate surface area is 114 Å². The van der Waals surface area contributed by atoms with Crippen LogP contribution in [0.5, 0.6) is 0 Å². The lowest BCUT2D eigenvalue weighted by Crippen LogP contribution is -2.38. The van der Waals surface area contributed by atoms with Crippen molar-refractivity contribution in [3.63, 3.8) is 0 Å². The Morgan fingerprint density at radius 2 is 1.89 bits per heavy atom. The van der Waals surface area contributed by atoms with Crippen LogP contribution in [0, 0.1) is 5.92 Å². The summed E-state index contributed by atoms with van der Waals surface area (Å²) in [5, 5.41) is 13.8. The number of hydrogen-bond acceptors (Lipinski definition) is 2. The molecular formula is C12H15BrN2O3. The van der Waals surface area contributed by atoms with Gasteiger partial charge in [0.15, 0.2) is 0 Å². The molecule has 3 N–H and O–H groups in total. The van der Waals surface area contributed by atoms with E-state index in [0.717, 1.165) is 10.0 Å². The summed E-state index contributed by atoms with van der Waals surface area (Å²) >= 11 is 3.32. The number of nitrogens with one attached hydrogen (secondary N) is 2. The Morgan fingerprint density at radius 1 is 1.28 bits per heavy atom. The van der Waals surface area contributed by atoms with Gasteiger partial charge in [-0.15, -0.1) is 0 Å². The van der Waals surface area contributed by atoms with Crippen LogP contribution in [0.3, 0.4) is 0 Å². The monoisotopic (exact) mass is 314 g/mol. The van der Waals surface area contributed by atoms with E-state index in [-0.39, 0.29) is 12.6 Å². The highest BCUT2D eigenvalue weighted by Gasteiger charge is 2.11. The molecule has 0 saturated carbocycles. The van der Waals surface area contributed by atoms with Crippen molar-refractivity contribution in [2.24, 2.45) is 5.92 Å². The Bertz CT molecular complexity index is 420. The Morgan fingerprint density at radius 3 is 2.44 bits per heavy atom. The number of carboxylic acid groups (broad SMARTS) is 1. The van der Waals surface area contributed by atoms with Gasteiger partial charge in [0.1, 0.15) is 0 Å². The predicted molar refractivity (Wildman–Crippen MR) is 71.2 cm³/mol. The standard InChI is InChI=1S/C12H15BrN2O3/c1-8(11(16)17)6-14-12(18)15-7-9-2-4-10(13)5-3-9/h2-5,8H,6-7H2,1H3,(H,16,17)(H2,14,15,18). The topological polar surface area (TPSA) is 78.4 Å². The molecule has 0 aliphatic rings. The van der Waals surface area contributed by atoms with E-state index in [4.69, 9.17) is 5.11 Å². The molecule has 6 heteroatoms. The highest BCUT2D eigenvalue weighted by atomic mass is 79.9. The van der Waals surface area contributed by atoms with Crippen molar-refractivity contribution in [1.82, 2.24) is 10.6 Å². The van der Waals surface area contributed by atoms with Crippen LogP contribution in [0.1, 0.15) is 12.5 Å². The van der Waals surface area contributed by atoms with Crippen molar-refractivity contribution in [2.45, 2.75) is 13.5 Å². The fraction of sp³-hybridized carbons (Fsp3) is 0.333. The summed E-state index contributed by atoms with van der Waals surface area (Å²) < 4.78 is 0.978. The van der Waals surface area contributed by atoms with E-state index in [2.05, 4.69) is 26.6 Å². The van der Waals surface area contributed by atoms with Gasteiger partial charge in [-0.3, -0.25) is 4.79 Å². The Kier molecular flexibility index (Phi) is 5.64. The molecule has 0 bridgehead atoms. The van der Waals surface area contributed by atoms with Crippen LogP contribution >= 0.6 is 15.9 Å². The van der Waals surface area contributed by atoms with Gasteiger partial charge in [0.25, 0.3) is 0 Å². The van der Waals surface area contributed by atoms with E-state index >= 15 is 0 Å². The Hall–Kier alpha value is -1.56. The average Bonchev–Trinajstić information content (AvgIpc) is 2.35. The fourth-order valence-corrected chi connectivity index (χ4v) is 1.44. The third-order valence-electron chi connectivity index (χ3n) is 2.36. The summed E-state index contributed by atoms with van der Waals surface area (Å²) in [4.78, 5) is 21.9. The molecule has 0 fully saturated rings. The van der Waals surface area contributed by atoms with Gasteiger partial charge >= 0.3 is 12.0 Å². The molecule has 1 aromatic rings. The normalized spacial score (nSPS) is 11.7. The van der Waals surface area contributed by atoms with Crippen molar-refractivity contribution < 1.29 is 14.7 Å². The van der Waals surface area contributed by atoms with E-state index in [1.165, 1.54) is 6.92 Å². The van der Waals surface area contributed by atoms with Crippen LogP contribution in [0.25, 0.3) is 0 Å². The first-order valence-electron chi connectivity index (χ1n) is 5.48. The van der Waals surface area contributed by atoms with Crippen molar-refractivity contribution >= 4 is 27.9 Å². The largest absolute Gasteiger partial charge is 0.481 e. The minimum atomic E-state index is -0.928. The smallest absolute Gasteiger partial charge is 0.315 e. The molecule has 98 valence electrons. The van der Waals surface area contributed by atoms with E-state index in [1.807, 2.05) is 24.3 Å². The maximum Gasteiger partial charge on any atom is 0.315 e. The van der Waals surface area contributed by atoms with Crippen molar-refractivity contribution in [2.75, 3.05) is 6.54 Å². The molecule has 0 aromatic heterocycles. The summed E-state index contributed by atoms with van der Waals surface area (Å²) in [5.41, 5.74) is 0.972. The molecule has 5 nitrogen and oxygen atoms in total. The third kappa shape index (κ3) is 5.18. The number of carbonyl (C=O) groups excluding carboxylic acids is 1. The zero-order chi connectivity index (χ0) is 13.5. The molecular weight excluding hydrogens is 300 g/mol. The minimum Gasteiger partial charge on any atom is -0.481 e. The molecule has 1 aromatic carbocycles. The number of hydrogen-bond donors (Lipinski definition) is 3. The summed E-state index contributed by atoms with van der Waals surface area (Å²) in [7, 11) is 0. The highest BCUT2D eigenvalue weighted by Crippen LogP contribution is 2.10. The summed E-state index contributed by atoms with van der Waals surface area (Å²) in [6, 6.07) is 7.20. The molecule has 0 saturated heterocycles. The first-order valence-corrected chi connectivity index (χ1v) is 6.27. The fourth-order valence-electron chi connectivity index (χ4n) is 1.18. The van der Waals surface area contributed by atoms with Gasteiger partial charge in [-0.1, -0.05) is 35.0 Å². The number of carboxylic acids is 1. The van der Waals surface area contributed by atoms with Gasteiger partial charge in [0, 0.05) is 17.6 Å². The minimum absolute atomic E-state index is 0.113. The highest BCUT2D eigenvalue weighted by molar-refractivity contribution is 9.10. The zero-order valence-corrected chi connectivity index (χ0v) is 11.5. The van der Waals surface area contributed by atoms with Crippen LogP contribution < -0.4 is 10.6 Å². The lowest BCUT2D eigenvalue weighted by Gasteiger charge is -2.10. The van der Waals surface area contributed by atoms with Crippen LogP contribution in [0.2, 0.25) is 0 Å². The summed E-state index contributed by atoms with van der Waals surface area (Å²) in [5.74, 6) is -1.52. The first-order chi connectivity index (χ1) is 8.49. The molecule has 2 amide bonds.